The third-order valence-corrected chi connectivity index (χ3v) is 6.09. The van der Waals surface area contributed by atoms with Crippen molar-refractivity contribution in [3.05, 3.63) is 34.9 Å². The highest BCUT2D eigenvalue weighted by atomic mass is 35.5. The fourth-order valence-corrected chi connectivity index (χ4v) is 4.36. The van der Waals surface area contributed by atoms with E-state index >= 15 is 0 Å². The number of rotatable bonds is 5. The van der Waals surface area contributed by atoms with Crippen molar-refractivity contribution in [2.24, 2.45) is 5.92 Å². The molecule has 1 saturated carbocycles. The highest BCUT2D eigenvalue weighted by Crippen LogP contribution is 2.35. The Bertz CT molecular complexity index is 580. The SMILES string of the molecule is O=C(NCC1(c2cccc(Cl)c2)CCOCC1)C(O)C1CCCCC1. The summed E-state index contributed by atoms with van der Waals surface area (Å²) in [4.78, 5) is 12.5. The van der Waals surface area contributed by atoms with Gasteiger partial charge in [-0.15, -0.1) is 0 Å². The molecule has 0 radical (unpaired) electrons. The first-order chi connectivity index (χ1) is 12.1. The van der Waals surface area contributed by atoms with Crippen molar-refractivity contribution in [2.45, 2.75) is 56.5 Å². The van der Waals surface area contributed by atoms with Crippen molar-refractivity contribution in [3.8, 4) is 0 Å². The quantitative estimate of drug-likeness (QED) is 0.840. The number of ether oxygens (including phenoxy) is 1. The maximum Gasteiger partial charge on any atom is 0.249 e. The fourth-order valence-electron chi connectivity index (χ4n) is 4.17. The van der Waals surface area contributed by atoms with Gasteiger partial charge in [0, 0.05) is 30.2 Å². The molecule has 2 fully saturated rings. The molecule has 1 aromatic carbocycles. The van der Waals surface area contributed by atoms with E-state index < -0.39 is 6.10 Å². The molecule has 3 rings (SSSR count). The number of hydrogen-bond donors (Lipinski definition) is 2. The average molecular weight is 366 g/mol. The fraction of sp³-hybridized carbons (Fsp3) is 0.650. The van der Waals surface area contributed by atoms with Gasteiger partial charge in [0.25, 0.3) is 0 Å². The van der Waals surface area contributed by atoms with Crippen LogP contribution in [0.4, 0.5) is 0 Å². The largest absolute Gasteiger partial charge is 0.383 e. The number of halogens is 1. The summed E-state index contributed by atoms with van der Waals surface area (Å²) in [6.07, 6.45) is 6.11. The van der Waals surface area contributed by atoms with E-state index in [0.29, 0.717) is 24.8 Å². The van der Waals surface area contributed by atoms with E-state index in [-0.39, 0.29) is 17.2 Å². The lowest BCUT2D eigenvalue weighted by molar-refractivity contribution is -0.133. The summed E-state index contributed by atoms with van der Waals surface area (Å²) in [7, 11) is 0. The molecule has 1 aromatic rings. The summed E-state index contributed by atoms with van der Waals surface area (Å²) in [6.45, 7) is 1.86. The van der Waals surface area contributed by atoms with Gasteiger partial charge in [0.1, 0.15) is 6.10 Å². The van der Waals surface area contributed by atoms with Crippen LogP contribution in [0.25, 0.3) is 0 Å². The van der Waals surface area contributed by atoms with Gasteiger partial charge in [0.05, 0.1) is 0 Å². The molecule has 1 saturated heterocycles. The van der Waals surface area contributed by atoms with Gasteiger partial charge in [-0.3, -0.25) is 4.79 Å². The lowest BCUT2D eigenvalue weighted by Gasteiger charge is -2.38. The Balaban J connectivity index is 1.67. The average Bonchev–Trinajstić information content (AvgIpc) is 2.67. The lowest BCUT2D eigenvalue weighted by Crippen LogP contribution is -2.48. The monoisotopic (exact) mass is 365 g/mol. The Morgan fingerprint density at radius 2 is 2.00 bits per heavy atom. The molecule has 2 N–H and O–H groups in total. The van der Waals surface area contributed by atoms with Crippen LogP contribution >= 0.6 is 11.6 Å². The minimum Gasteiger partial charge on any atom is -0.383 e. The van der Waals surface area contributed by atoms with Gasteiger partial charge in [-0.25, -0.2) is 0 Å². The Labute approximate surface area is 154 Å². The van der Waals surface area contributed by atoms with Crippen molar-refractivity contribution in [2.75, 3.05) is 19.8 Å². The smallest absolute Gasteiger partial charge is 0.249 e. The van der Waals surface area contributed by atoms with Gasteiger partial charge in [0.2, 0.25) is 5.91 Å². The van der Waals surface area contributed by atoms with Crippen LogP contribution in [-0.4, -0.2) is 36.9 Å². The highest BCUT2D eigenvalue weighted by Gasteiger charge is 2.36. The minimum absolute atomic E-state index is 0.102. The first kappa shape index (κ1) is 18.7. The molecular weight excluding hydrogens is 338 g/mol. The zero-order valence-corrected chi connectivity index (χ0v) is 15.4. The highest BCUT2D eigenvalue weighted by molar-refractivity contribution is 6.30. The summed E-state index contributed by atoms with van der Waals surface area (Å²) in [5, 5.41) is 14.1. The topological polar surface area (TPSA) is 58.6 Å². The zero-order valence-electron chi connectivity index (χ0n) is 14.7. The standard InChI is InChI=1S/C20H28ClNO3/c21-17-8-4-7-16(13-17)20(9-11-25-12-10-20)14-22-19(24)18(23)15-5-2-1-3-6-15/h4,7-8,13,15,18,23H,1-3,5-6,9-12,14H2,(H,22,24). The maximum atomic E-state index is 12.5. The van der Waals surface area contributed by atoms with E-state index in [9.17, 15) is 9.90 Å². The summed E-state index contributed by atoms with van der Waals surface area (Å²) >= 11 is 6.18. The molecule has 5 heteroatoms. The van der Waals surface area contributed by atoms with Crippen LogP contribution in [0.3, 0.4) is 0 Å². The number of carbonyl (C=O) groups is 1. The van der Waals surface area contributed by atoms with Crippen molar-refractivity contribution >= 4 is 17.5 Å². The Kier molecular flexibility index (Phi) is 6.37. The summed E-state index contributed by atoms with van der Waals surface area (Å²) < 4.78 is 5.53. The molecule has 138 valence electrons. The number of amides is 1. The van der Waals surface area contributed by atoms with Gasteiger partial charge >= 0.3 is 0 Å². The van der Waals surface area contributed by atoms with Crippen LogP contribution in [0.15, 0.2) is 24.3 Å². The maximum absolute atomic E-state index is 12.5. The van der Waals surface area contributed by atoms with E-state index in [1.54, 1.807) is 0 Å². The second kappa shape index (κ2) is 8.52. The molecular formula is C20H28ClNO3. The van der Waals surface area contributed by atoms with Gasteiger partial charge in [-0.2, -0.15) is 0 Å². The van der Waals surface area contributed by atoms with Crippen LogP contribution in [-0.2, 0) is 14.9 Å². The lowest BCUT2D eigenvalue weighted by atomic mass is 9.74. The molecule has 0 aromatic heterocycles. The van der Waals surface area contributed by atoms with Crippen LogP contribution in [0.5, 0.6) is 0 Å². The molecule has 1 amide bonds. The van der Waals surface area contributed by atoms with Crippen molar-refractivity contribution in [1.29, 1.82) is 0 Å². The predicted octanol–water partition coefficient (Wildman–Crippen LogP) is 3.45. The number of benzene rings is 1. The molecule has 0 bridgehead atoms. The number of nitrogens with one attached hydrogen (secondary N) is 1. The summed E-state index contributed by atoms with van der Waals surface area (Å²) in [5.74, 6) is -0.134. The summed E-state index contributed by atoms with van der Waals surface area (Å²) in [6, 6.07) is 7.87. The van der Waals surface area contributed by atoms with E-state index in [2.05, 4.69) is 11.4 Å². The van der Waals surface area contributed by atoms with E-state index in [0.717, 1.165) is 44.1 Å². The molecule has 1 aliphatic heterocycles. The van der Waals surface area contributed by atoms with Crippen molar-refractivity contribution in [1.82, 2.24) is 5.32 Å². The summed E-state index contributed by atoms with van der Waals surface area (Å²) in [5.41, 5.74) is 0.959. The van der Waals surface area contributed by atoms with E-state index in [1.165, 1.54) is 6.42 Å². The van der Waals surface area contributed by atoms with Crippen LogP contribution in [0.2, 0.25) is 5.02 Å². The number of hydrogen-bond acceptors (Lipinski definition) is 3. The van der Waals surface area contributed by atoms with Crippen molar-refractivity contribution in [3.63, 3.8) is 0 Å². The minimum atomic E-state index is -0.892. The third kappa shape index (κ3) is 4.55. The van der Waals surface area contributed by atoms with Crippen LogP contribution in [0.1, 0.15) is 50.5 Å². The second-order valence-corrected chi connectivity index (χ2v) is 7.90. The Hall–Kier alpha value is -1.10. The number of aliphatic hydroxyl groups is 1. The first-order valence-electron chi connectivity index (χ1n) is 9.40. The molecule has 1 unspecified atom stereocenters. The van der Waals surface area contributed by atoms with Gasteiger partial charge in [-0.05, 0) is 49.3 Å². The molecule has 1 heterocycles. The van der Waals surface area contributed by atoms with Gasteiger partial charge in [-0.1, -0.05) is 43.0 Å². The zero-order chi connectivity index (χ0) is 17.7. The molecule has 0 spiro atoms. The van der Waals surface area contributed by atoms with E-state index in [4.69, 9.17) is 16.3 Å². The van der Waals surface area contributed by atoms with E-state index in [1.807, 2.05) is 18.2 Å². The van der Waals surface area contributed by atoms with Gasteiger partial charge in [0.15, 0.2) is 0 Å². The first-order valence-corrected chi connectivity index (χ1v) is 9.78. The van der Waals surface area contributed by atoms with Crippen LogP contribution < -0.4 is 5.32 Å². The number of carbonyl (C=O) groups excluding carboxylic acids is 1. The Morgan fingerprint density at radius 1 is 1.28 bits per heavy atom. The molecule has 25 heavy (non-hydrogen) atoms. The molecule has 1 atom stereocenters. The van der Waals surface area contributed by atoms with Crippen LogP contribution in [0, 0.1) is 5.92 Å². The number of aliphatic hydroxyl groups excluding tert-OH is 1. The molecule has 4 nitrogen and oxygen atoms in total. The third-order valence-electron chi connectivity index (χ3n) is 5.85. The second-order valence-electron chi connectivity index (χ2n) is 7.46. The molecule has 1 aliphatic carbocycles. The molecule has 2 aliphatic rings. The van der Waals surface area contributed by atoms with Gasteiger partial charge < -0.3 is 15.2 Å². The van der Waals surface area contributed by atoms with Crippen molar-refractivity contribution < 1.29 is 14.6 Å². The Morgan fingerprint density at radius 3 is 2.68 bits per heavy atom. The normalized spacial score (nSPS) is 22.3. The predicted molar refractivity (Wildman–Crippen MR) is 98.8 cm³/mol.